The topological polar surface area (TPSA) is 63.7 Å². The second-order valence-electron chi connectivity index (χ2n) is 7.74. The van der Waals surface area contributed by atoms with Crippen LogP contribution in [0.25, 0.3) is 10.8 Å². The average molecular weight is 424 g/mol. The summed E-state index contributed by atoms with van der Waals surface area (Å²) in [6.45, 7) is 0.383. The van der Waals surface area contributed by atoms with Crippen molar-refractivity contribution in [3.05, 3.63) is 77.9 Å². The summed E-state index contributed by atoms with van der Waals surface area (Å²) in [5.41, 5.74) is 1.91. The number of sulfone groups is 1. The Balaban J connectivity index is 1.61. The Labute approximate surface area is 177 Å². The van der Waals surface area contributed by atoms with Gasteiger partial charge in [-0.25, -0.2) is 8.42 Å². The highest BCUT2D eigenvalue weighted by Crippen LogP contribution is 2.24. The van der Waals surface area contributed by atoms with E-state index in [1.54, 1.807) is 12.0 Å². The van der Waals surface area contributed by atoms with Gasteiger partial charge in [0.15, 0.2) is 9.84 Å². The Morgan fingerprint density at radius 1 is 1.03 bits per heavy atom. The first kappa shape index (κ1) is 20.4. The fourth-order valence-corrected chi connectivity index (χ4v) is 5.81. The maximum Gasteiger partial charge on any atom is 0.227 e. The second-order valence-corrected chi connectivity index (χ2v) is 9.97. The number of ether oxygens (including phenoxy) is 1. The zero-order chi connectivity index (χ0) is 21.1. The molecule has 0 aromatic heterocycles. The molecule has 1 heterocycles. The van der Waals surface area contributed by atoms with E-state index in [1.807, 2.05) is 66.7 Å². The fraction of sp³-hybridized carbons (Fsp3) is 0.292. The van der Waals surface area contributed by atoms with E-state index in [-0.39, 0.29) is 29.9 Å². The van der Waals surface area contributed by atoms with Crippen LogP contribution in [0.15, 0.2) is 66.7 Å². The van der Waals surface area contributed by atoms with Crippen molar-refractivity contribution in [3.63, 3.8) is 0 Å². The van der Waals surface area contributed by atoms with E-state index >= 15 is 0 Å². The first-order valence-corrected chi connectivity index (χ1v) is 11.9. The highest BCUT2D eigenvalue weighted by atomic mass is 32.2. The van der Waals surface area contributed by atoms with Gasteiger partial charge in [0.1, 0.15) is 5.75 Å². The molecule has 30 heavy (non-hydrogen) atoms. The number of rotatable bonds is 6. The smallest absolute Gasteiger partial charge is 0.227 e. The number of benzene rings is 3. The molecule has 5 nitrogen and oxygen atoms in total. The third-order valence-electron chi connectivity index (χ3n) is 5.70. The van der Waals surface area contributed by atoms with Crippen molar-refractivity contribution >= 4 is 26.5 Å². The van der Waals surface area contributed by atoms with Crippen LogP contribution < -0.4 is 4.74 Å². The molecule has 156 valence electrons. The minimum absolute atomic E-state index is 0.0322. The maximum absolute atomic E-state index is 13.4. The van der Waals surface area contributed by atoms with Crippen LogP contribution in [0.3, 0.4) is 0 Å². The van der Waals surface area contributed by atoms with Crippen LogP contribution >= 0.6 is 0 Å². The summed E-state index contributed by atoms with van der Waals surface area (Å²) in [6.07, 6.45) is 0.730. The quantitative estimate of drug-likeness (QED) is 0.608. The molecule has 1 atom stereocenters. The van der Waals surface area contributed by atoms with Gasteiger partial charge in [0, 0.05) is 12.6 Å². The number of methoxy groups -OCH3 is 1. The monoisotopic (exact) mass is 423 g/mol. The van der Waals surface area contributed by atoms with Gasteiger partial charge < -0.3 is 9.64 Å². The van der Waals surface area contributed by atoms with Crippen molar-refractivity contribution in [3.8, 4) is 5.75 Å². The average Bonchev–Trinajstić information content (AvgIpc) is 3.12. The zero-order valence-electron chi connectivity index (χ0n) is 17.0. The van der Waals surface area contributed by atoms with Crippen LogP contribution in [0.2, 0.25) is 0 Å². The van der Waals surface area contributed by atoms with Crippen molar-refractivity contribution in [2.24, 2.45) is 0 Å². The van der Waals surface area contributed by atoms with E-state index in [2.05, 4.69) is 0 Å². The van der Waals surface area contributed by atoms with Gasteiger partial charge in [-0.2, -0.15) is 0 Å². The molecule has 1 fully saturated rings. The molecule has 0 bridgehead atoms. The Morgan fingerprint density at radius 2 is 1.77 bits per heavy atom. The van der Waals surface area contributed by atoms with Crippen molar-refractivity contribution in [2.75, 3.05) is 18.6 Å². The Hall–Kier alpha value is -2.86. The number of carbonyl (C=O) groups is 1. The molecule has 0 saturated carbocycles. The summed E-state index contributed by atoms with van der Waals surface area (Å²) in [6, 6.07) is 21.2. The van der Waals surface area contributed by atoms with Gasteiger partial charge in [0.05, 0.1) is 25.0 Å². The van der Waals surface area contributed by atoms with Gasteiger partial charge in [0.2, 0.25) is 5.91 Å². The lowest BCUT2D eigenvalue weighted by Crippen LogP contribution is -2.41. The first-order chi connectivity index (χ1) is 14.4. The third kappa shape index (κ3) is 4.49. The van der Waals surface area contributed by atoms with E-state index < -0.39 is 9.84 Å². The lowest BCUT2D eigenvalue weighted by molar-refractivity contribution is -0.133. The van der Waals surface area contributed by atoms with E-state index in [0.717, 1.165) is 27.6 Å². The summed E-state index contributed by atoms with van der Waals surface area (Å²) >= 11 is 0. The predicted octanol–water partition coefficient (Wildman–Crippen LogP) is 3.61. The Kier molecular flexibility index (Phi) is 5.77. The molecular formula is C24H25NO4S. The molecule has 3 aromatic rings. The molecule has 0 N–H and O–H groups in total. The molecule has 0 radical (unpaired) electrons. The van der Waals surface area contributed by atoms with Gasteiger partial charge in [-0.15, -0.1) is 0 Å². The maximum atomic E-state index is 13.4. The Bertz CT molecular complexity index is 1150. The number of hydrogen-bond acceptors (Lipinski definition) is 4. The molecule has 0 aliphatic carbocycles. The van der Waals surface area contributed by atoms with Crippen molar-refractivity contribution in [2.45, 2.75) is 25.4 Å². The molecule has 1 saturated heterocycles. The number of fused-ring (bicyclic) bond motifs is 1. The molecule has 1 aliphatic heterocycles. The minimum atomic E-state index is -3.10. The van der Waals surface area contributed by atoms with Crippen LogP contribution in [0.5, 0.6) is 5.75 Å². The fourth-order valence-electron chi connectivity index (χ4n) is 4.08. The molecule has 1 aliphatic rings. The number of nitrogens with zero attached hydrogens (tertiary/aromatic N) is 1. The summed E-state index contributed by atoms with van der Waals surface area (Å²) in [5, 5.41) is 2.14. The summed E-state index contributed by atoms with van der Waals surface area (Å²) in [4.78, 5) is 15.1. The largest absolute Gasteiger partial charge is 0.497 e. The molecule has 3 aromatic carbocycles. The Morgan fingerprint density at radius 3 is 2.47 bits per heavy atom. The third-order valence-corrected chi connectivity index (χ3v) is 7.45. The first-order valence-electron chi connectivity index (χ1n) is 10.0. The minimum Gasteiger partial charge on any atom is -0.497 e. The molecule has 1 unspecified atom stereocenters. The SMILES string of the molecule is COc1ccc(CN(C(=O)Cc2cccc3ccccc23)C2CCS(=O)(=O)C2)cc1. The molecular weight excluding hydrogens is 398 g/mol. The van der Waals surface area contributed by atoms with E-state index in [9.17, 15) is 13.2 Å². The molecule has 6 heteroatoms. The number of amides is 1. The van der Waals surface area contributed by atoms with Crippen LogP contribution in [-0.4, -0.2) is 43.9 Å². The standard InChI is InChI=1S/C24H25NO4S/c1-29-22-11-9-18(10-12-22)16-25(21-13-14-30(27,28)17-21)24(26)15-20-7-4-6-19-5-2-3-8-23(19)20/h2-12,21H,13-17H2,1H3. The van der Waals surface area contributed by atoms with Crippen LogP contribution in [0, 0.1) is 0 Å². The number of carbonyl (C=O) groups excluding carboxylic acids is 1. The normalized spacial score (nSPS) is 17.7. The lowest BCUT2D eigenvalue weighted by atomic mass is 10.0. The van der Waals surface area contributed by atoms with Gasteiger partial charge >= 0.3 is 0 Å². The zero-order valence-corrected chi connectivity index (χ0v) is 17.8. The van der Waals surface area contributed by atoms with Crippen molar-refractivity contribution in [1.82, 2.24) is 4.90 Å². The van der Waals surface area contributed by atoms with E-state index in [0.29, 0.717) is 13.0 Å². The van der Waals surface area contributed by atoms with Crippen LogP contribution in [0.1, 0.15) is 17.5 Å². The van der Waals surface area contributed by atoms with Gasteiger partial charge in [-0.3, -0.25) is 4.79 Å². The lowest BCUT2D eigenvalue weighted by Gasteiger charge is -2.29. The summed E-state index contributed by atoms with van der Waals surface area (Å²) in [5.74, 6) is 0.864. The van der Waals surface area contributed by atoms with Gasteiger partial charge in [0.25, 0.3) is 0 Å². The van der Waals surface area contributed by atoms with Crippen molar-refractivity contribution in [1.29, 1.82) is 0 Å². The summed E-state index contributed by atoms with van der Waals surface area (Å²) in [7, 11) is -1.49. The number of hydrogen-bond donors (Lipinski definition) is 0. The van der Waals surface area contributed by atoms with Crippen LogP contribution in [-0.2, 0) is 27.6 Å². The van der Waals surface area contributed by atoms with Crippen LogP contribution in [0.4, 0.5) is 0 Å². The molecule has 1 amide bonds. The highest BCUT2D eigenvalue weighted by molar-refractivity contribution is 7.91. The van der Waals surface area contributed by atoms with E-state index in [1.165, 1.54) is 0 Å². The highest BCUT2D eigenvalue weighted by Gasteiger charge is 2.34. The van der Waals surface area contributed by atoms with Gasteiger partial charge in [-0.05, 0) is 40.5 Å². The molecule has 4 rings (SSSR count). The van der Waals surface area contributed by atoms with Crippen molar-refractivity contribution < 1.29 is 17.9 Å². The van der Waals surface area contributed by atoms with E-state index in [4.69, 9.17) is 4.74 Å². The predicted molar refractivity (Wildman–Crippen MR) is 118 cm³/mol. The molecule has 0 spiro atoms. The summed E-state index contributed by atoms with van der Waals surface area (Å²) < 4.78 is 29.4. The van der Waals surface area contributed by atoms with Gasteiger partial charge in [-0.1, -0.05) is 54.6 Å². The second kappa shape index (κ2) is 8.48.